The van der Waals surface area contributed by atoms with Crippen molar-refractivity contribution in [3.05, 3.63) is 42.1 Å². The van der Waals surface area contributed by atoms with Crippen LogP contribution in [0.3, 0.4) is 0 Å². The number of carbonyl (C=O) groups excluding carboxylic acids is 2. The smallest absolute Gasteiger partial charge is 0.307 e. The lowest BCUT2D eigenvalue weighted by molar-refractivity contribution is -0.156. The van der Waals surface area contributed by atoms with Gasteiger partial charge < -0.3 is 19.5 Å². The summed E-state index contributed by atoms with van der Waals surface area (Å²) in [4.78, 5) is 28.6. The molecule has 0 saturated heterocycles. The molecule has 0 fully saturated rings. The van der Waals surface area contributed by atoms with Gasteiger partial charge in [-0.25, -0.2) is 4.98 Å². The first-order valence-corrected chi connectivity index (χ1v) is 10.4. The number of carbonyl (C=O) groups is 2. The standard InChI is InChI=1S/C24H30N2O5/c1-15(12-20(27)31-23(2,3)4)22(28)26-16-10-11-19(25-13-16)30-18-9-7-8-17-21(18)24(5,6)14-29-17/h7-11,13,15H,12,14H2,1-6H3,(H,26,28)/t15-/m0/s1. The molecular weight excluding hydrogens is 396 g/mol. The number of anilines is 1. The Balaban J connectivity index is 1.61. The van der Waals surface area contributed by atoms with Gasteiger partial charge in [0, 0.05) is 23.0 Å². The lowest BCUT2D eigenvalue weighted by atomic mass is 9.86. The number of amides is 1. The van der Waals surface area contributed by atoms with Gasteiger partial charge in [-0.15, -0.1) is 0 Å². The molecule has 0 unspecified atom stereocenters. The van der Waals surface area contributed by atoms with Crippen molar-refractivity contribution in [3.8, 4) is 17.4 Å². The minimum Gasteiger partial charge on any atom is -0.492 e. The summed E-state index contributed by atoms with van der Waals surface area (Å²) in [7, 11) is 0. The Morgan fingerprint density at radius 3 is 2.61 bits per heavy atom. The third kappa shape index (κ3) is 5.75. The highest BCUT2D eigenvalue weighted by atomic mass is 16.6. The van der Waals surface area contributed by atoms with Gasteiger partial charge in [0.2, 0.25) is 11.8 Å². The van der Waals surface area contributed by atoms with Crippen LogP contribution in [0.5, 0.6) is 17.4 Å². The van der Waals surface area contributed by atoms with E-state index in [1.54, 1.807) is 39.8 Å². The third-order valence-electron chi connectivity index (χ3n) is 4.81. The highest BCUT2D eigenvalue weighted by Crippen LogP contribution is 2.45. The van der Waals surface area contributed by atoms with E-state index in [1.807, 2.05) is 18.2 Å². The van der Waals surface area contributed by atoms with Gasteiger partial charge in [0.15, 0.2) is 0 Å². The lowest BCUT2D eigenvalue weighted by Gasteiger charge is -2.20. The van der Waals surface area contributed by atoms with E-state index in [0.29, 0.717) is 23.9 Å². The molecule has 1 aromatic carbocycles. The third-order valence-corrected chi connectivity index (χ3v) is 4.81. The van der Waals surface area contributed by atoms with Crippen molar-refractivity contribution in [2.45, 2.75) is 59.0 Å². The number of esters is 1. The van der Waals surface area contributed by atoms with Crippen molar-refractivity contribution in [3.63, 3.8) is 0 Å². The normalized spacial score (nSPS) is 15.4. The predicted octanol–water partition coefficient (Wildman–Crippen LogP) is 4.85. The van der Waals surface area contributed by atoms with Crippen molar-refractivity contribution in [1.82, 2.24) is 4.98 Å². The molecule has 0 radical (unpaired) electrons. The number of pyridine rings is 1. The van der Waals surface area contributed by atoms with Crippen LogP contribution in [0.25, 0.3) is 0 Å². The fourth-order valence-corrected chi connectivity index (χ4v) is 3.33. The first-order valence-electron chi connectivity index (χ1n) is 10.4. The summed E-state index contributed by atoms with van der Waals surface area (Å²) in [5.74, 6) is 0.733. The maximum absolute atomic E-state index is 12.4. The molecule has 2 aromatic rings. The zero-order valence-electron chi connectivity index (χ0n) is 18.9. The highest BCUT2D eigenvalue weighted by molar-refractivity contribution is 5.94. The summed E-state index contributed by atoms with van der Waals surface area (Å²) >= 11 is 0. The number of aromatic nitrogens is 1. The minimum absolute atomic E-state index is 0.00863. The van der Waals surface area contributed by atoms with Crippen LogP contribution in [-0.2, 0) is 19.7 Å². The monoisotopic (exact) mass is 426 g/mol. The molecule has 166 valence electrons. The van der Waals surface area contributed by atoms with Crippen LogP contribution in [0, 0.1) is 5.92 Å². The predicted molar refractivity (Wildman–Crippen MR) is 118 cm³/mol. The van der Waals surface area contributed by atoms with E-state index >= 15 is 0 Å². The number of rotatable bonds is 6. The molecular formula is C24H30N2O5. The molecule has 31 heavy (non-hydrogen) atoms. The average molecular weight is 427 g/mol. The Bertz CT molecular complexity index is 961. The maximum atomic E-state index is 12.4. The molecule has 0 spiro atoms. The van der Waals surface area contributed by atoms with E-state index in [2.05, 4.69) is 24.1 Å². The second-order valence-electron chi connectivity index (χ2n) is 9.47. The molecule has 7 nitrogen and oxygen atoms in total. The van der Waals surface area contributed by atoms with E-state index in [9.17, 15) is 9.59 Å². The molecule has 1 amide bonds. The van der Waals surface area contributed by atoms with Gasteiger partial charge >= 0.3 is 5.97 Å². The van der Waals surface area contributed by atoms with Gasteiger partial charge in [0.1, 0.15) is 17.1 Å². The minimum atomic E-state index is -0.576. The number of hydrogen-bond acceptors (Lipinski definition) is 6. The van der Waals surface area contributed by atoms with E-state index < -0.39 is 17.5 Å². The van der Waals surface area contributed by atoms with Crippen LogP contribution < -0.4 is 14.8 Å². The Labute approximate surface area is 183 Å². The zero-order chi connectivity index (χ0) is 22.8. The zero-order valence-corrected chi connectivity index (χ0v) is 18.9. The second kappa shape index (κ2) is 8.57. The quantitative estimate of drug-likeness (QED) is 0.665. The second-order valence-corrected chi connectivity index (χ2v) is 9.47. The van der Waals surface area contributed by atoms with Crippen molar-refractivity contribution in [2.75, 3.05) is 11.9 Å². The molecule has 1 atom stereocenters. The summed E-state index contributed by atoms with van der Waals surface area (Å²) in [6, 6.07) is 9.12. The van der Waals surface area contributed by atoms with Crippen LogP contribution in [-0.4, -0.2) is 29.1 Å². The molecule has 0 aliphatic carbocycles. The first kappa shape index (κ1) is 22.6. The number of fused-ring (bicyclic) bond motifs is 1. The van der Waals surface area contributed by atoms with Crippen LogP contribution >= 0.6 is 0 Å². The maximum Gasteiger partial charge on any atom is 0.307 e. The number of hydrogen-bond donors (Lipinski definition) is 1. The van der Waals surface area contributed by atoms with Gasteiger partial charge in [0.05, 0.1) is 24.9 Å². The first-order chi connectivity index (χ1) is 14.4. The lowest BCUT2D eigenvalue weighted by Crippen LogP contribution is -2.28. The summed E-state index contributed by atoms with van der Waals surface area (Å²) < 4.78 is 17.0. The van der Waals surface area contributed by atoms with Gasteiger partial charge in [-0.2, -0.15) is 0 Å². The fourth-order valence-electron chi connectivity index (χ4n) is 3.33. The summed E-state index contributed by atoms with van der Waals surface area (Å²) in [5.41, 5.74) is 0.817. The largest absolute Gasteiger partial charge is 0.492 e. The SMILES string of the molecule is C[C@@H](CC(=O)OC(C)(C)C)C(=O)Nc1ccc(Oc2cccc3c2C(C)(C)CO3)nc1. The topological polar surface area (TPSA) is 86.8 Å². The summed E-state index contributed by atoms with van der Waals surface area (Å²) in [6.45, 7) is 11.9. The van der Waals surface area contributed by atoms with Crippen molar-refractivity contribution in [1.29, 1.82) is 0 Å². The van der Waals surface area contributed by atoms with E-state index in [1.165, 1.54) is 6.20 Å². The van der Waals surface area contributed by atoms with Crippen LogP contribution in [0.15, 0.2) is 36.5 Å². The van der Waals surface area contributed by atoms with Gasteiger partial charge in [-0.05, 0) is 39.0 Å². The van der Waals surface area contributed by atoms with Crippen LogP contribution in [0.2, 0.25) is 0 Å². The molecule has 7 heteroatoms. The van der Waals surface area contributed by atoms with E-state index in [0.717, 1.165) is 11.3 Å². The van der Waals surface area contributed by atoms with Crippen molar-refractivity contribution < 1.29 is 23.8 Å². The summed E-state index contributed by atoms with van der Waals surface area (Å²) in [5, 5.41) is 2.77. The van der Waals surface area contributed by atoms with Gasteiger partial charge in [0.25, 0.3) is 0 Å². The Hall–Kier alpha value is -3.09. The fraction of sp³-hybridized carbons (Fsp3) is 0.458. The number of nitrogens with one attached hydrogen (secondary N) is 1. The van der Waals surface area contributed by atoms with E-state index in [-0.39, 0.29) is 17.7 Å². The van der Waals surface area contributed by atoms with Crippen molar-refractivity contribution >= 4 is 17.6 Å². The van der Waals surface area contributed by atoms with Gasteiger partial charge in [-0.3, -0.25) is 9.59 Å². The molecule has 1 aromatic heterocycles. The number of ether oxygens (including phenoxy) is 3. The molecule has 0 saturated carbocycles. The summed E-state index contributed by atoms with van der Waals surface area (Å²) in [6.07, 6.45) is 1.53. The Morgan fingerprint density at radius 1 is 1.23 bits per heavy atom. The molecule has 2 heterocycles. The number of nitrogens with zero attached hydrogens (tertiary/aromatic N) is 1. The Kier molecular flexibility index (Phi) is 6.25. The number of benzene rings is 1. The van der Waals surface area contributed by atoms with Crippen LogP contribution in [0.4, 0.5) is 5.69 Å². The van der Waals surface area contributed by atoms with E-state index in [4.69, 9.17) is 14.2 Å². The molecule has 1 aliphatic rings. The molecule has 0 bridgehead atoms. The molecule has 3 rings (SSSR count). The molecule has 1 aliphatic heterocycles. The van der Waals surface area contributed by atoms with Gasteiger partial charge in [-0.1, -0.05) is 26.8 Å². The Morgan fingerprint density at radius 2 is 1.97 bits per heavy atom. The van der Waals surface area contributed by atoms with Crippen LogP contribution in [0.1, 0.15) is 53.5 Å². The van der Waals surface area contributed by atoms with Crippen molar-refractivity contribution in [2.24, 2.45) is 5.92 Å². The average Bonchev–Trinajstić information content (AvgIpc) is 2.97. The molecule has 1 N–H and O–H groups in total. The highest BCUT2D eigenvalue weighted by Gasteiger charge is 2.35.